The molecule has 0 aliphatic carbocycles. The van der Waals surface area contributed by atoms with Crippen molar-refractivity contribution >= 4 is 5.69 Å². The lowest BCUT2D eigenvalue weighted by atomic mass is 9.77. The second-order valence-electron chi connectivity index (χ2n) is 6.98. The Hall–Kier alpha value is -2.26. The molecule has 0 aromatic heterocycles. The van der Waals surface area contributed by atoms with Gasteiger partial charge in [0.25, 0.3) is 0 Å². The summed E-state index contributed by atoms with van der Waals surface area (Å²) in [4.78, 5) is 0. The fraction of sp³-hybridized carbons (Fsp3) is 0.364. The van der Waals surface area contributed by atoms with Crippen molar-refractivity contribution in [2.45, 2.75) is 31.9 Å². The fourth-order valence-electron chi connectivity index (χ4n) is 4.07. The molecule has 1 N–H and O–H groups in total. The molecule has 3 nitrogen and oxygen atoms in total. The first-order chi connectivity index (χ1) is 12.3. The number of nitrogens with one attached hydrogen (secondary N) is 1. The van der Waals surface area contributed by atoms with Crippen LogP contribution in [0.2, 0.25) is 0 Å². The number of hydrogen-bond acceptors (Lipinski definition) is 3. The van der Waals surface area contributed by atoms with Crippen LogP contribution in [0.4, 0.5) is 5.69 Å². The molecule has 0 radical (unpaired) electrons. The Kier molecular flexibility index (Phi) is 4.50. The van der Waals surface area contributed by atoms with Gasteiger partial charge in [0, 0.05) is 23.8 Å². The summed E-state index contributed by atoms with van der Waals surface area (Å²) in [5.74, 6) is 1.33. The zero-order valence-electron chi connectivity index (χ0n) is 14.7. The lowest BCUT2D eigenvalue weighted by molar-refractivity contribution is -0.0381. The molecular weight excluding hydrogens is 310 g/mol. The van der Waals surface area contributed by atoms with Crippen molar-refractivity contribution in [3.05, 3.63) is 71.8 Å². The van der Waals surface area contributed by atoms with E-state index in [2.05, 4.69) is 55.2 Å². The van der Waals surface area contributed by atoms with Crippen LogP contribution < -0.4 is 10.1 Å². The lowest BCUT2D eigenvalue weighted by Crippen LogP contribution is -2.36. The predicted octanol–water partition coefficient (Wildman–Crippen LogP) is 5.19. The van der Waals surface area contributed by atoms with Gasteiger partial charge in [0.2, 0.25) is 0 Å². The first-order valence-electron chi connectivity index (χ1n) is 9.08. The molecule has 2 heterocycles. The molecule has 2 aromatic carbocycles. The van der Waals surface area contributed by atoms with Crippen molar-refractivity contribution in [3.8, 4) is 5.75 Å². The maximum atomic E-state index is 6.23. The quantitative estimate of drug-likeness (QED) is 0.780. The van der Waals surface area contributed by atoms with Gasteiger partial charge in [-0.15, -0.1) is 0 Å². The van der Waals surface area contributed by atoms with Crippen LogP contribution in [0, 0.1) is 12.8 Å². The van der Waals surface area contributed by atoms with Crippen LogP contribution in [0.5, 0.6) is 5.75 Å². The third-order valence-electron chi connectivity index (χ3n) is 5.21. The number of benzene rings is 2. The van der Waals surface area contributed by atoms with Crippen LogP contribution in [0.3, 0.4) is 0 Å². The highest BCUT2D eigenvalue weighted by atomic mass is 16.5. The number of rotatable bonds is 4. The average molecular weight is 335 g/mol. The van der Waals surface area contributed by atoms with E-state index in [-0.39, 0.29) is 12.1 Å². The van der Waals surface area contributed by atoms with Gasteiger partial charge in [-0.05, 0) is 43.5 Å². The monoisotopic (exact) mass is 335 g/mol. The molecular formula is C22H25NO2. The van der Waals surface area contributed by atoms with Crippen molar-refractivity contribution in [1.29, 1.82) is 0 Å². The number of fused-ring (bicyclic) bond motifs is 3. The summed E-state index contributed by atoms with van der Waals surface area (Å²) in [6, 6.07) is 15.3. The minimum Gasteiger partial charge on any atom is -0.490 e. The normalized spacial score (nSPS) is 24.6. The SMILES string of the molecule is C=CCOc1cccc([C@H]2Nc3ccc(C)cc3[C@H]3OCCC[C@@H]23)c1. The van der Waals surface area contributed by atoms with Crippen molar-refractivity contribution in [1.82, 2.24) is 0 Å². The average Bonchev–Trinajstić information content (AvgIpc) is 2.66. The molecule has 2 aliphatic rings. The molecule has 2 aliphatic heterocycles. The van der Waals surface area contributed by atoms with Crippen LogP contribution in [0.15, 0.2) is 55.1 Å². The van der Waals surface area contributed by atoms with Crippen molar-refractivity contribution in [2.24, 2.45) is 5.92 Å². The maximum absolute atomic E-state index is 6.23. The largest absolute Gasteiger partial charge is 0.490 e. The van der Waals surface area contributed by atoms with Gasteiger partial charge in [-0.25, -0.2) is 0 Å². The third-order valence-corrected chi connectivity index (χ3v) is 5.21. The van der Waals surface area contributed by atoms with E-state index in [9.17, 15) is 0 Å². The van der Waals surface area contributed by atoms with Gasteiger partial charge in [0.15, 0.2) is 0 Å². The fourth-order valence-corrected chi connectivity index (χ4v) is 4.07. The van der Waals surface area contributed by atoms with Gasteiger partial charge >= 0.3 is 0 Å². The van der Waals surface area contributed by atoms with E-state index in [4.69, 9.17) is 9.47 Å². The van der Waals surface area contributed by atoms with Gasteiger partial charge in [-0.1, -0.05) is 42.5 Å². The van der Waals surface area contributed by atoms with Gasteiger partial charge in [0.05, 0.1) is 12.1 Å². The van der Waals surface area contributed by atoms with E-state index in [0.717, 1.165) is 18.8 Å². The first kappa shape index (κ1) is 16.2. The molecule has 1 saturated heterocycles. The zero-order valence-corrected chi connectivity index (χ0v) is 14.7. The second-order valence-corrected chi connectivity index (χ2v) is 6.98. The highest BCUT2D eigenvalue weighted by Crippen LogP contribution is 2.49. The van der Waals surface area contributed by atoms with Crippen molar-refractivity contribution in [2.75, 3.05) is 18.5 Å². The molecule has 25 heavy (non-hydrogen) atoms. The van der Waals surface area contributed by atoms with Crippen LogP contribution in [0.1, 0.15) is 41.7 Å². The molecule has 130 valence electrons. The first-order valence-corrected chi connectivity index (χ1v) is 9.08. The highest BCUT2D eigenvalue weighted by Gasteiger charge is 2.39. The topological polar surface area (TPSA) is 30.5 Å². The maximum Gasteiger partial charge on any atom is 0.120 e. The Bertz CT molecular complexity index is 770. The number of aryl methyl sites for hydroxylation is 1. The number of hydrogen-bond donors (Lipinski definition) is 1. The minimum absolute atomic E-state index is 0.174. The van der Waals surface area contributed by atoms with Gasteiger partial charge in [-0.2, -0.15) is 0 Å². The van der Waals surface area contributed by atoms with Gasteiger partial charge < -0.3 is 14.8 Å². The molecule has 4 rings (SSSR count). The Balaban J connectivity index is 1.70. The van der Waals surface area contributed by atoms with Gasteiger partial charge in [0.1, 0.15) is 12.4 Å². The summed E-state index contributed by atoms with van der Waals surface area (Å²) >= 11 is 0. The second kappa shape index (κ2) is 6.93. The van der Waals surface area contributed by atoms with E-state index >= 15 is 0 Å². The molecule has 0 amide bonds. The summed E-state index contributed by atoms with van der Waals surface area (Å²) in [6.07, 6.45) is 4.24. The summed E-state index contributed by atoms with van der Waals surface area (Å²) in [7, 11) is 0. The summed E-state index contributed by atoms with van der Waals surface area (Å²) in [6.45, 7) is 7.24. The Morgan fingerprint density at radius 1 is 1.28 bits per heavy atom. The number of anilines is 1. The summed E-state index contributed by atoms with van der Waals surface area (Å²) in [5, 5.41) is 3.77. The number of ether oxygens (including phenoxy) is 2. The molecule has 3 heteroatoms. The molecule has 2 aromatic rings. The summed E-state index contributed by atoms with van der Waals surface area (Å²) in [5.41, 5.74) is 5.04. The summed E-state index contributed by atoms with van der Waals surface area (Å²) < 4.78 is 12.0. The van der Waals surface area contributed by atoms with E-state index in [1.807, 2.05) is 6.07 Å². The predicted molar refractivity (Wildman–Crippen MR) is 101 cm³/mol. The van der Waals surface area contributed by atoms with Crippen LogP contribution >= 0.6 is 0 Å². The third kappa shape index (κ3) is 3.16. The van der Waals surface area contributed by atoms with E-state index in [1.54, 1.807) is 6.08 Å². The molecule has 0 saturated carbocycles. The van der Waals surface area contributed by atoms with E-state index < -0.39 is 0 Å². The molecule has 0 spiro atoms. The van der Waals surface area contributed by atoms with E-state index in [0.29, 0.717) is 12.5 Å². The lowest BCUT2D eigenvalue weighted by Gasteiger charge is -2.43. The highest BCUT2D eigenvalue weighted by molar-refractivity contribution is 5.58. The molecule has 0 unspecified atom stereocenters. The molecule has 1 fully saturated rings. The minimum atomic E-state index is 0.174. The Morgan fingerprint density at radius 2 is 2.20 bits per heavy atom. The molecule has 0 bridgehead atoms. The Labute approximate surface area is 149 Å². The van der Waals surface area contributed by atoms with Crippen LogP contribution in [0.25, 0.3) is 0 Å². The van der Waals surface area contributed by atoms with Crippen molar-refractivity contribution in [3.63, 3.8) is 0 Å². The zero-order chi connectivity index (χ0) is 17.2. The van der Waals surface area contributed by atoms with Crippen LogP contribution in [-0.4, -0.2) is 13.2 Å². The van der Waals surface area contributed by atoms with Gasteiger partial charge in [-0.3, -0.25) is 0 Å². The van der Waals surface area contributed by atoms with Crippen molar-refractivity contribution < 1.29 is 9.47 Å². The molecule has 3 atom stereocenters. The van der Waals surface area contributed by atoms with E-state index in [1.165, 1.54) is 28.8 Å². The smallest absolute Gasteiger partial charge is 0.120 e. The van der Waals surface area contributed by atoms with Crippen LogP contribution in [-0.2, 0) is 4.74 Å². The Morgan fingerprint density at radius 3 is 3.08 bits per heavy atom. The standard InChI is InChI=1S/C22H25NO2/c1-3-11-24-17-7-4-6-16(14-17)21-18-8-5-12-25-22(18)19-13-15(2)9-10-20(19)23-21/h3-4,6-7,9-10,13-14,18,21-23H,1,5,8,11-12H2,2H3/t18-,21+,22-/m0/s1.